The fourth-order valence-electron chi connectivity index (χ4n) is 3.19. The van der Waals surface area contributed by atoms with Crippen LogP contribution >= 0.6 is 0 Å². The van der Waals surface area contributed by atoms with E-state index in [1.807, 2.05) is 0 Å². The predicted octanol–water partition coefficient (Wildman–Crippen LogP) is 2.25. The number of nitrogens with two attached hydrogens (primary N) is 1. The molecule has 3 N–H and O–H groups in total. The number of hydrogen-bond acceptors (Lipinski definition) is 3. The molecule has 0 saturated heterocycles. The molecule has 1 aromatic heterocycles. The summed E-state index contributed by atoms with van der Waals surface area (Å²) in [5.41, 5.74) is 8.78. The number of aryl methyl sites for hydroxylation is 2. The van der Waals surface area contributed by atoms with Crippen molar-refractivity contribution in [3.63, 3.8) is 0 Å². The van der Waals surface area contributed by atoms with Crippen molar-refractivity contribution in [3.8, 4) is 0 Å². The summed E-state index contributed by atoms with van der Waals surface area (Å²) in [6.07, 6.45) is 8.54. The summed E-state index contributed by atoms with van der Waals surface area (Å²) in [6.45, 7) is 0.714. The van der Waals surface area contributed by atoms with E-state index < -0.39 is 0 Å². The summed E-state index contributed by atoms with van der Waals surface area (Å²) >= 11 is 0. The lowest BCUT2D eigenvalue weighted by Gasteiger charge is -2.29. The standard InChI is InChI=1S/C14H21N3/c15-10-14(8-1-2-9-14)17-13-7-6-11-4-3-5-12(11)16-13/h6-7H,1-5,8-10,15H2,(H,16,17). The van der Waals surface area contributed by atoms with E-state index in [4.69, 9.17) is 10.7 Å². The van der Waals surface area contributed by atoms with Crippen molar-refractivity contribution >= 4 is 5.82 Å². The number of pyridine rings is 1. The first-order valence-corrected chi connectivity index (χ1v) is 6.78. The van der Waals surface area contributed by atoms with Crippen LogP contribution in [-0.4, -0.2) is 17.1 Å². The number of fused-ring (bicyclic) bond motifs is 1. The second kappa shape index (κ2) is 4.30. The molecule has 0 unspecified atom stereocenters. The van der Waals surface area contributed by atoms with Crippen LogP contribution < -0.4 is 11.1 Å². The zero-order valence-corrected chi connectivity index (χ0v) is 10.3. The van der Waals surface area contributed by atoms with E-state index in [2.05, 4.69) is 17.4 Å². The minimum atomic E-state index is 0.111. The topological polar surface area (TPSA) is 50.9 Å². The minimum absolute atomic E-state index is 0.111. The first-order valence-electron chi connectivity index (χ1n) is 6.78. The van der Waals surface area contributed by atoms with Gasteiger partial charge in [0.1, 0.15) is 5.82 Å². The van der Waals surface area contributed by atoms with Gasteiger partial charge in [0.2, 0.25) is 0 Å². The van der Waals surface area contributed by atoms with Crippen LogP contribution in [0.15, 0.2) is 12.1 Å². The third-order valence-electron chi connectivity index (χ3n) is 4.27. The molecule has 0 aromatic carbocycles. The van der Waals surface area contributed by atoms with Crippen LogP contribution in [0.1, 0.15) is 43.4 Å². The maximum atomic E-state index is 5.94. The first kappa shape index (κ1) is 11.0. The summed E-state index contributed by atoms with van der Waals surface area (Å²) in [6, 6.07) is 4.36. The van der Waals surface area contributed by atoms with Gasteiger partial charge in [-0.05, 0) is 43.7 Å². The molecule has 2 aliphatic rings. The molecular formula is C14H21N3. The quantitative estimate of drug-likeness (QED) is 0.839. The lowest BCUT2D eigenvalue weighted by molar-refractivity contribution is 0.491. The Bertz CT molecular complexity index is 408. The van der Waals surface area contributed by atoms with Crippen LogP contribution in [0.25, 0.3) is 0 Å². The van der Waals surface area contributed by atoms with Crippen molar-refractivity contribution in [3.05, 3.63) is 23.4 Å². The lowest BCUT2D eigenvalue weighted by atomic mass is 9.98. The van der Waals surface area contributed by atoms with Gasteiger partial charge in [0.15, 0.2) is 0 Å². The Hall–Kier alpha value is -1.09. The zero-order valence-electron chi connectivity index (χ0n) is 10.3. The molecule has 17 heavy (non-hydrogen) atoms. The molecule has 1 heterocycles. The van der Waals surface area contributed by atoms with Gasteiger partial charge in [-0.2, -0.15) is 0 Å². The highest BCUT2D eigenvalue weighted by atomic mass is 15.1. The molecule has 1 fully saturated rings. The summed E-state index contributed by atoms with van der Waals surface area (Å²) in [5.74, 6) is 1.03. The van der Waals surface area contributed by atoms with Crippen molar-refractivity contribution in [2.45, 2.75) is 50.5 Å². The van der Waals surface area contributed by atoms with Gasteiger partial charge in [-0.25, -0.2) is 4.98 Å². The largest absolute Gasteiger partial charge is 0.363 e. The highest BCUT2D eigenvalue weighted by Gasteiger charge is 2.32. The molecule has 92 valence electrons. The Morgan fingerprint density at radius 3 is 2.76 bits per heavy atom. The third kappa shape index (κ3) is 2.04. The lowest BCUT2D eigenvalue weighted by Crippen LogP contribution is -2.43. The van der Waals surface area contributed by atoms with Crippen LogP contribution in [0.5, 0.6) is 0 Å². The second-order valence-corrected chi connectivity index (χ2v) is 5.47. The molecular weight excluding hydrogens is 210 g/mol. The molecule has 1 aromatic rings. The Balaban J connectivity index is 1.80. The van der Waals surface area contributed by atoms with Crippen LogP contribution in [0.3, 0.4) is 0 Å². The summed E-state index contributed by atoms with van der Waals surface area (Å²) < 4.78 is 0. The van der Waals surface area contributed by atoms with Crippen LogP contribution in [-0.2, 0) is 12.8 Å². The molecule has 0 spiro atoms. The first-order chi connectivity index (χ1) is 8.31. The zero-order chi connectivity index (χ0) is 11.7. The van der Waals surface area contributed by atoms with Crippen LogP contribution in [0.2, 0.25) is 0 Å². The molecule has 3 heteroatoms. The Labute approximate surface area is 103 Å². The van der Waals surface area contributed by atoms with Crippen molar-refractivity contribution in [2.24, 2.45) is 5.73 Å². The van der Waals surface area contributed by atoms with E-state index in [9.17, 15) is 0 Å². The van der Waals surface area contributed by atoms with E-state index in [0.717, 1.165) is 12.2 Å². The maximum absolute atomic E-state index is 5.94. The normalized spacial score (nSPS) is 21.5. The van der Waals surface area contributed by atoms with Crippen molar-refractivity contribution in [1.29, 1.82) is 0 Å². The van der Waals surface area contributed by atoms with E-state index in [1.165, 1.54) is 49.8 Å². The summed E-state index contributed by atoms with van der Waals surface area (Å²) in [7, 11) is 0. The molecule has 3 nitrogen and oxygen atoms in total. The van der Waals surface area contributed by atoms with Gasteiger partial charge in [0.05, 0.1) is 5.54 Å². The molecule has 3 rings (SSSR count). The molecule has 1 saturated carbocycles. The fraction of sp³-hybridized carbons (Fsp3) is 0.643. The fourth-order valence-corrected chi connectivity index (χ4v) is 3.19. The predicted molar refractivity (Wildman–Crippen MR) is 70.1 cm³/mol. The van der Waals surface area contributed by atoms with Crippen LogP contribution in [0.4, 0.5) is 5.82 Å². The Morgan fingerprint density at radius 1 is 1.18 bits per heavy atom. The molecule has 0 radical (unpaired) electrons. The van der Waals surface area contributed by atoms with Gasteiger partial charge in [0.25, 0.3) is 0 Å². The van der Waals surface area contributed by atoms with Gasteiger partial charge < -0.3 is 11.1 Å². The molecule has 0 bridgehead atoms. The Kier molecular flexibility index (Phi) is 2.79. The second-order valence-electron chi connectivity index (χ2n) is 5.47. The highest BCUT2D eigenvalue weighted by molar-refractivity contribution is 5.43. The monoisotopic (exact) mass is 231 g/mol. The van der Waals surface area contributed by atoms with Gasteiger partial charge >= 0.3 is 0 Å². The highest BCUT2D eigenvalue weighted by Crippen LogP contribution is 2.32. The summed E-state index contributed by atoms with van der Waals surface area (Å²) in [4.78, 5) is 4.74. The number of aromatic nitrogens is 1. The smallest absolute Gasteiger partial charge is 0.126 e. The van der Waals surface area contributed by atoms with E-state index in [-0.39, 0.29) is 5.54 Å². The van der Waals surface area contributed by atoms with Crippen molar-refractivity contribution in [2.75, 3.05) is 11.9 Å². The minimum Gasteiger partial charge on any atom is -0.363 e. The van der Waals surface area contributed by atoms with Crippen molar-refractivity contribution < 1.29 is 0 Å². The third-order valence-corrected chi connectivity index (χ3v) is 4.27. The molecule has 2 aliphatic carbocycles. The average Bonchev–Trinajstić information content (AvgIpc) is 2.97. The summed E-state index contributed by atoms with van der Waals surface area (Å²) in [5, 5.41) is 3.60. The van der Waals surface area contributed by atoms with Gasteiger partial charge in [0, 0.05) is 12.2 Å². The molecule has 0 aliphatic heterocycles. The van der Waals surface area contributed by atoms with Crippen LogP contribution in [0, 0.1) is 0 Å². The SMILES string of the molecule is NCC1(Nc2ccc3c(n2)CCC3)CCCC1. The molecule has 0 atom stereocenters. The Morgan fingerprint density at radius 2 is 2.00 bits per heavy atom. The number of hydrogen-bond donors (Lipinski definition) is 2. The van der Waals surface area contributed by atoms with E-state index >= 15 is 0 Å². The van der Waals surface area contributed by atoms with E-state index in [0.29, 0.717) is 6.54 Å². The number of nitrogens with zero attached hydrogens (tertiary/aromatic N) is 1. The number of rotatable bonds is 3. The molecule has 0 amide bonds. The number of anilines is 1. The van der Waals surface area contributed by atoms with Gasteiger partial charge in [-0.1, -0.05) is 18.9 Å². The van der Waals surface area contributed by atoms with Crippen molar-refractivity contribution in [1.82, 2.24) is 4.98 Å². The van der Waals surface area contributed by atoms with Gasteiger partial charge in [-0.3, -0.25) is 0 Å². The average molecular weight is 231 g/mol. The van der Waals surface area contributed by atoms with E-state index in [1.54, 1.807) is 0 Å². The number of nitrogens with one attached hydrogen (secondary N) is 1. The van der Waals surface area contributed by atoms with Gasteiger partial charge in [-0.15, -0.1) is 0 Å². The maximum Gasteiger partial charge on any atom is 0.126 e.